The van der Waals surface area contributed by atoms with Gasteiger partial charge in [-0.1, -0.05) is 35.3 Å². The summed E-state index contributed by atoms with van der Waals surface area (Å²) >= 11 is 12.3. The molecule has 1 amide bonds. The lowest BCUT2D eigenvalue weighted by Crippen LogP contribution is -2.49. The third-order valence-electron chi connectivity index (χ3n) is 5.21. The summed E-state index contributed by atoms with van der Waals surface area (Å²) in [5, 5.41) is 0.585. The summed E-state index contributed by atoms with van der Waals surface area (Å²) in [5.41, 5.74) is 0.0288. The standard InChI is InChI=1S/C22H19Cl2FN4O3/c1-32-22(31)28-10-8-27(9-11-28)19-13-20(30)29(18-7-6-14(23)12-17(18)25)21(26-19)15-4-2-3-5-16(15)24/h2-7,12-13H,8-11H2,1H3. The SMILES string of the molecule is COC(=O)N1CCN(c2cc(=O)n(-c3ccc(Cl)cc3F)c(-c3ccccc3Cl)n2)CC1. The van der Waals surface area contributed by atoms with Crippen LogP contribution in [0.2, 0.25) is 10.0 Å². The number of methoxy groups -OCH3 is 1. The van der Waals surface area contributed by atoms with Crippen LogP contribution in [0.4, 0.5) is 15.0 Å². The van der Waals surface area contributed by atoms with E-state index in [2.05, 4.69) is 4.98 Å². The molecule has 0 atom stereocenters. The fraction of sp³-hybridized carbons (Fsp3) is 0.227. The molecule has 166 valence electrons. The summed E-state index contributed by atoms with van der Waals surface area (Å²) in [6.45, 7) is 1.76. The molecule has 10 heteroatoms. The van der Waals surface area contributed by atoms with Crippen molar-refractivity contribution in [1.29, 1.82) is 0 Å². The molecule has 0 N–H and O–H groups in total. The van der Waals surface area contributed by atoms with Gasteiger partial charge >= 0.3 is 6.09 Å². The number of carbonyl (C=O) groups excluding carboxylic acids is 1. The summed E-state index contributed by atoms with van der Waals surface area (Å²) in [6.07, 6.45) is -0.400. The highest BCUT2D eigenvalue weighted by Crippen LogP contribution is 2.30. The summed E-state index contributed by atoms with van der Waals surface area (Å²) in [5.74, 6) is -0.0380. The van der Waals surface area contributed by atoms with Gasteiger partial charge in [-0.3, -0.25) is 9.36 Å². The van der Waals surface area contributed by atoms with E-state index in [9.17, 15) is 14.0 Å². The van der Waals surface area contributed by atoms with Crippen molar-refractivity contribution in [2.24, 2.45) is 0 Å². The molecule has 7 nitrogen and oxygen atoms in total. The van der Waals surface area contributed by atoms with Crippen LogP contribution in [0.5, 0.6) is 0 Å². The van der Waals surface area contributed by atoms with Crippen molar-refractivity contribution in [2.45, 2.75) is 0 Å². The van der Waals surface area contributed by atoms with E-state index in [1.165, 1.54) is 29.9 Å². The van der Waals surface area contributed by atoms with Crippen LogP contribution in [-0.4, -0.2) is 53.8 Å². The first-order chi connectivity index (χ1) is 15.4. The summed E-state index contributed by atoms with van der Waals surface area (Å²) in [4.78, 5) is 33.1. The molecule has 0 unspecified atom stereocenters. The lowest BCUT2D eigenvalue weighted by molar-refractivity contribution is 0.121. The van der Waals surface area contributed by atoms with E-state index in [0.717, 1.165) is 6.07 Å². The van der Waals surface area contributed by atoms with Crippen LogP contribution in [0.25, 0.3) is 17.1 Å². The number of piperazine rings is 1. The average molecular weight is 477 g/mol. The highest BCUT2D eigenvalue weighted by molar-refractivity contribution is 6.33. The summed E-state index contributed by atoms with van der Waals surface area (Å²) in [7, 11) is 1.34. The van der Waals surface area contributed by atoms with Gasteiger partial charge in [-0.05, 0) is 30.3 Å². The molecule has 1 aliphatic heterocycles. The zero-order valence-electron chi connectivity index (χ0n) is 17.1. The van der Waals surface area contributed by atoms with Gasteiger partial charge in [-0.2, -0.15) is 0 Å². The zero-order chi connectivity index (χ0) is 22.8. The van der Waals surface area contributed by atoms with Crippen LogP contribution >= 0.6 is 23.2 Å². The molecule has 1 saturated heterocycles. The smallest absolute Gasteiger partial charge is 0.409 e. The number of ether oxygens (including phenoxy) is 1. The molecule has 0 saturated carbocycles. The third-order valence-corrected chi connectivity index (χ3v) is 5.77. The topological polar surface area (TPSA) is 67.7 Å². The van der Waals surface area contributed by atoms with E-state index < -0.39 is 17.5 Å². The second-order valence-corrected chi connectivity index (χ2v) is 7.97. The highest BCUT2D eigenvalue weighted by Gasteiger charge is 2.25. The van der Waals surface area contributed by atoms with E-state index in [1.54, 1.807) is 29.2 Å². The Hall–Kier alpha value is -3.10. The van der Waals surface area contributed by atoms with Crippen molar-refractivity contribution < 1.29 is 13.9 Å². The van der Waals surface area contributed by atoms with Crippen molar-refractivity contribution in [3.63, 3.8) is 0 Å². The normalized spacial score (nSPS) is 13.9. The second-order valence-electron chi connectivity index (χ2n) is 7.13. The zero-order valence-corrected chi connectivity index (χ0v) is 18.6. The van der Waals surface area contributed by atoms with Gasteiger partial charge < -0.3 is 14.5 Å². The lowest BCUT2D eigenvalue weighted by atomic mass is 10.2. The summed E-state index contributed by atoms with van der Waals surface area (Å²) in [6, 6.07) is 12.3. The van der Waals surface area contributed by atoms with Crippen molar-refractivity contribution in [3.05, 3.63) is 74.7 Å². The van der Waals surface area contributed by atoms with Gasteiger partial charge in [-0.15, -0.1) is 0 Å². The Balaban J connectivity index is 1.82. The van der Waals surface area contributed by atoms with Crippen molar-refractivity contribution in [1.82, 2.24) is 14.5 Å². The molecule has 0 spiro atoms. The Morgan fingerprint density at radius 3 is 2.44 bits per heavy atom. The molecule has 1 aliphatic rings. The molecule has 0 radical (unpaired) electrons. The van der Waals surface area contributed by atoms with Gasteiger partial charge in [0.15, 0.2) is 5.82 Å². The molecular formula is C22H19Cl2FN4O3. The van der Waals surface area contributed by atoms with E-state index in [1.807, 2.05) is 4.90 Å². The molecule has 32 heavy (non-hydrogen) atoms. The molecular weight excluding hydrogens is 458 g/mol. The molecule has 0 aliphatic carbocycles. The molecule has 2 heterocycles. The summed E-state index contributed by atoms with van der Waals surface area (Å²) < 4.78 is 20.7. The van der Waals surface area contributed by atoms with Crippen LogP contribution in [0.1, 0.15) is 0 Å². The van der Waals surface area contributed by atoms with Crippen LogP contribution in [0.3, 0.4) is 0 Å². The van der Waals surface area contributed by atoms with E-state index in [4.69, 9.17) is 27.9 Å². The maximum Gasteiger partial charge on any atom is 0.409 e. The third kappa shape index (κ3) is 4.28. The van der Waals surface area contributed by atoms with Crippen LogP contribution in [0, 0.1) is 5.82 Å². The Morgan fingerprint density at radius 1 is 1.06 bits per heavy atom. The Bertz CT molecular complexity index is 1230. The molecule has 0 bridgehead atoms. The fourth-order valence-electron chi connectivity index (χ4n) is 3.60. The van der Waals surface area contributed by atoms with E-state index in [0.29, 0.717) is 42.6 Å². The monoisotopic (exact) mass is 476 g/mol. The Kier molecular flexibility index (Phi) is 6.34. The van der Waals surface area contributed by atoms with E-state index >= 15 is 0 Å². The van der Waals surface area contributed by atoms with Crippen molar-refractivity contribution in [3.8, 4) is 17.1 Å². The minimum absolute atomic E-state index is 0.0175. The number of amides is 1. The van der Waals surface area contributed by atoms with Gasteiger partial charge in [0, 0.05) is 42.8 Å². The van der Waals surface area contributed by atoms with Crippen molar-refractivity contribution >= 4 is 35.1 Å². The van der Waals surface area contributed by atoms with Gasteiger partial charge in [0.1, 0.15) is 11.6 Å². The molecule has 2 aromatic carbocycles. The Labute approximate surface area is 193 Å². The predicted octanol–water partition coefficient (Wildman–Crippen LogP) is 4.23. The maximum atomic E-state index is 14.8. The van der Waals surface area contributed by atoms with Crippen LogP contribution < -0.4 is 10.5 Å². The fourth-order valence-corrected chi connectivity index (χ4v) is 3.98. The molecule has 1 fully saturated rings. The minimum Gasteiger partial charge on any atom is -0.453 e. The van der Waals surface area contributed by atoms with Gasteiger partial charge in [0.25, 0.3) is 5.56 Å². The number of anilines is 1. The first-order valence-corrected chi connectivity index (χ1v) is 10.6. The number of aromatic nitrogens is 2. The molecule has 4 rings (SSSR count). The largest absolute Gasteiger partial charge is 0.453 e. The number of halogens is 3. The number of carbonyl (C=O) groups is 1. The van der Waals surface area contributed by atoms with Gasteiger partial charge in [0.05, 0.1) is 17.8 Å². The van der Waals surface area contributed by atoms with E-state index in [-0.39, 0.29) is 16.5 Å². The van der Waals surface area contributed by atoms with Gasteiger partial charge in [0.2, 0.25) is 0 Å². The van der Waals surface area contributed by atoms with Gasteiger partial charge in [-0.25, -0.2) is 14.2 Å². The maximum absolute atomic E-state index is 14.8. The number of hydrogen-bond donors (Lipinski definition) is 0. The minimum atomic E-state index is -0.658. The van der Waals surface area contributed by atoms with Crippen LogP contribution in [0.15, 0.2) is 53.3 Å². The molecule has 3 aromatic rings. The first-order valence-electron chi connectivity index (χ1n) is 9.81. The number of hydrogen-bond acceptors (Lipinski definition) is 5. The van der Waals surface area contributed by atoms with Crippen LogP contribution in [-0.2, 0) is 4.74 Å². The lowest BCUT2D eigenvalue weighted by Gasteiger charge is -2.34. The highest BCUT2D eigenvalue weighted by atomic mass is 35.5. The quantitative estimate of drug-likeness (QED) is 0.565. The number of nitrogens with zero attached hydrogens (tertiary/aromatic N) is 4. The first kappa shape index (κ1) is 22.1. The number of rotatable bonds is 3. The molecule has 1 aromatic heterocycles. The predicted molar refractivity (Wildman–Crippen MR) is 121 cm³/mol. The second kappa shape index (κ2) is 9.18. The Morgan fingerprint density at radius 2 is 1.78 bits per heavy atom. The van der Waals surface area contributed by atoms with Crippen molar-refractivity contribution in [2.75, 3.05) is 38.2 Å². The average Bonchev–Trinajstić information content (AvgIpc) is 2.79. The number of benzene rings is 2.